The van der Waals surface area contributed by atoms with E-state index >= 15 is 0 Å². The maximum absolute atomic E-state index is 14.2. The van der Waals surface area contributed by atoms with E-state index in [-0.39, 0.29) is 22.6 Å². The van der Waals surface area contributed by atoms with Crippen molar-refractivity contribution in [3.63, 3.8) is 0 Å². The number of aromatic nitrogens is 4. The number of pyridine rings is 1. The summed E-state index contributed by atoms with van der Waals surface area (Å²) in [5.41, 5.74) is 0.288. The van der Waals surface area contributed by atoms with Gasteiger partial charge in [0.25, 0.3) is 5.78 Å². The van der Waals surface area contributed by atoms with Crippen LogP contribution in [0, 0.1) is 0 Å². The van der Waals surface area contributed by atoms with Crippen LogP contribution >= 0.6 is 11.8 Å². The van der Waals surface area contributed by atoms with Crippen molar-refractivity contribution in [1.29, 1.82) is 0 Å². The van der Waals surface area contributed by atoms with E-state index in [0.29, 0.717) is 5.65 Å². The minimum atomic E-state index is -3.62. The minimum absolute atomic E-state index is 0.0715. The number of imidazole rings is 2. The largest absolute Gasteiger partial charge is 0.364 e. The van der Waals surface area contributed by atoms with Crippen molar-refractivity contribution in [2.24, 2.45) is 7.05 Å². The van der Waals surface area contributed by atoms with Crippen LogP contribution in [0.4, 0.5) is 8.78 Å². The second-order valence-electron chi connectivity index (χ2n) is 4.34. The topological polar surface area (TPSA) is 52.2 Å². The molecular formula is C13H10F2N4OS. The predicted octanol–water partition coefficient (Wildman–Crippen LogP) is 2.64. The molecule has 108 valence electrons. The summed E-state index contributed by atoms with van der Waals surface area (Å²) < 4.78 is 31.1. The lowest BCUT2D eigenvalue weighted by Crippen LogP contribution is -2.26. The van der Waals surface area contributed by atoms with Gasteiger partial charge in [0.15, 0.2) is 5.16 Å². The average Bonchev–Trinajstić information content (AvgIpc) is 3.05. The molecule has 3 rings (SSSR count). The van der Waals surface area contributed by atoms with E-state index in [9.17, 15) is 13.6 Å². The fraction of sp³-hybridized carbons (Fsp3) is 0.154. The van der Waals surface area contributed by atoms with Gasteiger partial charge in [0.2, 0.25) is 0 Å². The zero-order valence-corrected chi connectivity index (χ0v) is 11.7. The number of alkyl halides is 2. The molecular weight excluding hydrogens is 298 g/mol. The third kappa shape index (κ3) is 2.42. The molecule has 0 amide bonds. The normalized spacial score (nSPS) is 12.0. The van der Waals surface area contributed by atoms with E-state index in [1.54, 1.807) is 25.2 Å². The number of nitrogens with zero attached hydrogens (tertiary/aromatic N) is 4. The Morgan fingerprint density at radius 2 is 2.10 bits per heavy atom. The fourth-order valence-electron chi connectivity index (χ4n) is 1.86. The highest BCUT2D eigenvalue weighted by molar-refractivity contribution is 8.00. The summed E-state index contributed by atoms with van der Waals surface area (Å²) in [6.45, 7) is 0. The van der Waals surface area contributed by atoms with Gasteiger partial charge in [-0.2, -0.15) is 8.78 Å². The van der Waals surface area contributed by atoms with Gasteiger partial charge in [0.1, 0.15) is 11.3 Å². The van der Waals surface area contributed by atoms with Crippen molar-refractivity contribution < 1.29 is 13.6 Å². The van der Waals surface area contributed by atoms with E-state index in [0.717, 1.165) is 6.20 Å². The lowest BCUT2D eigenvalue weighted by Gasteiger charge is -2.13. The number of fused-ring (bicyclic) bond motifs is 1. The third-order valence-electron chi connectivity index (χ3n) is 2.91. The first-order chi connectivity index (χ1) is 9.99. The van der Waals surface area contributed by atoms with Crippen molar-refractivity contribution in [1.82, 2.24) is 18.9 Å². The molecule has 3 aromatic rings. The first-order valence-corrected chi connectivity index (χ1v) is 6.82. The highest BCUT2D eigenvalue weighted by Crippen LogP contribution is 2.37. The number of hydrogen-bond acceptors (Lipinski definition) is 4. The Bertz CT molecular complexity index is 811. The van der Waals surface area contributed by atoms with Gasteiger partial charge in [-0.15, -0.1) is 0 Å². The molecule has 0 radical (unpaired) electrons. The molecule has 0 aliphatic carbocycles. The van der Waals surface area contributed by atoms with Gasteiger partial charge in [-0.3, -0.25) is 9.20 Å². The van der Waals surface area contributed by atoms with Crippen LogP contribution in [-0.2, 0) is 7.05 Å². The number of thioether (sulfide) groups is 1. The van der Waals surface area contributed by atoms with Crippen LogP contribution in [0.3, 0.4) is 0 Å². The second-order valence-corrected chi connectivity index (χ2v) is 5.42. The Kier molecular flexibility index (Phi) is 3.25. The number of Topliss-reactive ketones (excluding diaryl/α,β-unsaturated/α-hetero) is 1. The van der Waals surface area contributed by atoms with Gasteiger partial charge in [-0.25, -0.2) is 9.97 Å². The first-order valence-electron chi connectivity index (χ1n) is 6.00. The van der Waals surface area contributed by atoms with Crippen molar-refractivity contribution in [3.05, 3.63) is 48.7 Å². The molecule has 0 spiro atoms. The van der Waals surface area contributed by atoms with Gasteiger partial charge < -0.3 is 4.57 Å². The summed E-state index contributed by atoms with van der Waals surface area (Å²) in [6, 6.07) is 5.01. The smallest absolute Gasteiger partial charge is 0.329 e. The number of ketones is 1. The van der Waals surface area contributed by atoms with Crippen molar-refractivity contribution >= 4 is 23.2 Å². The second kappa shape index (κ2) is 4.96. The van der Waals surface area contributed by atoms with Gasteiger partial charge in [0.05, 0.1) is 6.20 Å². The minimum Gasteiger partial charge on any atom is -0.329 e. The number of aryl methyl sites for hydroxylation is 1. The maximum Gasteiger partial charge on any atom is 0.364 e. The SMILES string of the molecule is Cn1ccnc1SC(F)(F)C(=O)c1cnc2ccccn12. The molecule has 3 heterocycles. The maximum atomic E-state index is 14.2. The molecule has 5 nitrogen and oxygen atoms in total. The molecule has 0 saturated heterocycles. The molecule has 0 bridgehead atoms. The molecule has 0 fully saturated rings. The molecule has 0 unspecified atom stereocenters. The Morgan fingerprint density at radius 1 is 1.29 bits per heavy atom. The van der Waals surface area contributed by atoms with Gasteiger partial charge in [0, 0.05) is 25.6 Å². The molecule has 0 atom stereocenters. The van der Waals surface area contributed by atoms with Crippen LogP contribution in [0.2, 0.25) is 0 Å². The molecule has 3 aromatic heterocycles. The highest BCUT2D eigenvalue weighted by atomic mass is 32.2. The zero-order chi connectivity index (χ0) is 15.0. The van der Waals surface area contributed by atoms with Gasteiger partial charge in [-0.1, -0.05) is 6.07 Å². The fourth-order valence-corrected chi connectivity index (χ4v) is 2.61. The Morgan fingerprint density at radius 3 is 2.81 bits per heavy atom. The van der Waals surface area contributed by atoms with E-state index < -0.39 is 11.0 Å². The molecule has 0 N–H and O–H groups in total. The van der Waals surface area contributed by atoms with Gasteiger partial charge in [-0.05, 0) is 23.9 Å². The quantitative estimate of drug-likeness (QED) is 0.549. The molecule has 8 heteroatoms. The average molecular weight is 308 g/mol. The third-order valence-corrected chi connectivity index (χ3v) is 3.93. The van der Waals surface area contributed by atoms with Crippen molar-refractivity contribution in [2.75, 3.05) is 0 Å². The predicted molar refractivity (Wildman–Crippen MR) is 73.5 cm³/mol. The number of rotatable bonds is 4. The van der Waals surface area contributed by atoms with E-state index in [4.69, 9.17) is 0 Å². The van der Waals surface area contributed by atoms with Crippen LogP contribution in [0.15, 0.2) is 48.1 Å². The summed E-state index contributed by atoms with van der Waals surface area (Å²) >= 11 is 0.122. The summed E-state index contributed by atoms with van der Waals surface area (Å²) in [5.74, 6) is -1.30. The number of halogens is 2. The lowest BCUT2D eigenvalue weighted by atomic mass is 10.3. The standard InChI is InChI=1S/C13H10F2N4OS/c1-18-7-5-16-12(18)21-13(14,15)11(20)9-8-17-10-4-2-3-6-19(9)10/h2-8H,1H3. The van der Waals surface area contributed by atoms with Crippen LogP contribution in [0.5, 0.6) is 0 Å². The van der Waals surface area contributed by atoms with Crippen molar-refractivity contribution in [2.45, 2.75) is 10.4 Å². The molecule has 21 heavy (non-hydrogen) atoms. The highest BCUT2D eigenvalue weighted by Gasteiger charge is 2.43. The number of hydrogen-bond donors (Lipinski definition) is 0. The Balaban J connectivity index is 1.95. The van der Waals surface area contributed by atoms with Crippen LogP contribution in [0.1, 0.15) is 10.5 Å². The molecule has 0 saturated carbocycles. The summed E-state index contributed by atoms with van der Waals surface area (Å²) in [6.07, 6.45) is 5.62. The number of carbonyl (C=O) groups excluding carboxylic acids is 1. The zero-order valence-electron chi connectivity index (χ0n) is 10.9. The van der Waals surface area contributed by atoms with Crippen LogP contribution < -0.4 is 0 Å². The van der Waals surface area contributed by atoms with E-state index in [2.05, 4.69) is 9.97 Å². The molecule has 0 aliphatic rings. The molecule has 0 aromatic carbocycles. The van der Waals surface area contributed by atoms with Gasteiger partial charge >= 0.3 is 5.25 Å². The van der Waals surface area contributed by atoms with Crippen molar-refractivity contribution in [3.8, 4) is 0 Å². The van der Waals surface area contributed by atoms with E-state index in [1.807, 2.05) is 0 Å². The summed E-state index contributed by atoms with van der Waals surface area (Å²) in [4.78, 5) is 19.9. The van der Waals surface area contributed by atoms with Crippen LogP contribution in [0.25, 0.3) is 5.65 Å². The first kappa shape index (κ1) is 13.7. The summed E-state index contributed by atoms with van der Waals surface area (Å²) in [5, 5.41) is -3.55. The monoisotopic (exact) mass is 308 g/mol. The number of carbonyl (C=O) groups is 1. The Labute approximate surface area is 122 Å². The van der Waals surface area contributed by atoms with E-state index in [1.165, 1.54) is 27.6 Å². The van der Waals surface area contributed by atoms with Crippen LogP contribution in [-0.4, -0.2) is 30.0 Å². The Hall–Kier alpha value is -2.22. The lowest BCUT2D eigenvalue weighted by molar-refractivity contribution is 0.0558. The summed E-state index contributed by atoms with van der Waals surface area (Å²) in [7, 11) is 1.59. The molecule has 0 aliphatic heterocycles.